The first-order valence-corrected chi connectivity index (χ1v) is 9.82. The molecule has 0 aliphatic carbocycles. The number of benzene rings is 2. The van der Waals surface area contributed by atoms with Crippen molar-refractivity contribution in [3.63, 3.8) is 0 Å². The second-order valence-corrected chi connectivity index (χ2v) is 7.55. The van der Waals surface area contributed by atoms with Crippen LogP contribution in [0.3, 0.4) is 0 Å². The summed E-state index contributed by atoms with van der Waals surface area (Å²) in [6.07, 6.45) is 1.83. The molecule has 0 unspecified atom stereocenters. The molecule has 31 heavy (non-hydrogen) atoms. The summed E-state index contributed by atoms with van der Waals surface area (Å²) >= 11 is 0. The van der Waals surface area contributed by atoms with Gasteiger partial charge in [0.15, 0.2) is 11.8 Å². The predicted octanol–water partition coefficient (Wildman–Crippen LogP) is 6.71. The van der Waals surface area contributed by atoms with Gasteiger partial charge in [-0.1, -0.05) is 44.0 Å². The van der Waals surface area contributed by atoms with Crippen LogP contribution < -0.4 is 4.57 Å². The summed E-state index contributed by atoms with van der Waals surface area (Å²) < 4.78 is 77.5. The summed E-state index contributed by atoms with van der Waals surface area (Å²) in [5.41, 5.74) is 3.73. The van der Waals surface area contributed by atoms with Gasteiger partial charge in [0.2, 0.25) is 11.4 Å². The van der Waals surface area contributed by atoms with E-state index in [0.717, 1.165) is 16.8 Å². The van der Waals surface area contributed by atoms with Crippen LogP contribution in [0, 0.1) is 12.7 Å². The zero-order chi connectivity index (χ0) is 27.6. The van der Waals surface area contributed by atoms with Crippen molar-refractivity contribution in [3.05, 3.63) is 83.9 Å². The Morgan fingerprint density at radius 3 is 2.61 bits per heavy atom. The first kappa shape index (κ1) is 13.0. The van der Waals surface area contributed by atoms with Crippen molar-refractivity contribution in [1.29, 1.82) is 0 Å². The second-order valence-electron chi connectivity index (χ2n) is 7.55. The molecule has 5 aromatic rings. The third-order valence-electron chi connectivity index (χ3n) is 5.55. The summed E-state index contributed by atoms with van der Waals surface area (Å²) in [5.74, 6) is -3.25. The van der Waals surface area contributed by atoms with Crippen molar-refractivity contribution in [3.8, 4) is 22.4 Å². The molecule has 3 heterocycles. The van der Waals surface area contributed by atoms with Crippen LogP contribution in [-0.2, 0) is 7.05 Å². The Balaban J connectivity index is 1.71. The number of nitrogens with zero attached hydrogens (tertiary/aromatic N) is 2. The van der Waals surface area contributed by atoms with Gasteiger partial charge in [-0.05, 0) is 42.6 Å². The lowest BCUT2D eigenvalue weighted by atomic mass is 9.99. The zero-order valence-corrected chi connectivity index (χ0v) is 17.0. The number of rotatable bonds is 3. The Morgan fingerprint density at radius 1 is 1.03 bits per heavy atom. The minimum atomic E-state index is -3.15. The van der Waals surface area contributed by atoms with Gasteiger partial charge in [0, 0.05) is 43.3 Å². The average molecular weight is 419 g/mol. The molecule has 154 valence electrons. The van der Waals surface area contributed by atoms with E-state index in [1.54, 1.807) is 24.3 Å². The fourth-order valence-corrected chi connectivity index (χ4v) is 4.00. The number of halogens is 1. The van der Waals surface area contributed by atoms with Crippen molar-refractivity contribution in [1.82, 2.24) is 4.98 Å². The molecule has 0 aliphatic rings. The third kappa shape index (κ3) is 3.19. The summed E-state index contributed by atoms with van der Waals surface area (Å²) in [5, 5.41) is 1.27. The Kier molecular flexibility index (Phi) is 3.07. The number of fused-ring (bicyclic) bond motifs is 3. The highest BCUT2D eigenvalue weighted by Crippen LogP contribution is 2.37. The van der Waals surface area contributed by atoms with Crippen molar-refractivity contribution in [2.45, 2.75) is 26.5 Å². The van der Waals surface area contributed by atoms with E-state index in [4.69, 9.17) is 14.0 Å². The molecule has 0 bridgehead atoms. The van der Waals surface area contributed by atoms with Gasteiger partial charge in [-0.25, -0.2) is 13.9 Å². The molecule has 0 fully saturated rings. The summed E-state index contributed by atoms with van der Waals surface area (Å²) in [6, 6.07) is 16.8. The van der Waals surface area contributed by atoms with E-state index in [9.17, 15) is 4.39 Å². The quantitative estimate of drug-likeness (QED) is 0.305. The monoisotopic (exact) mass is 418 g/mol. The van der Waals surface area contributed by atoms with Gasteiger partial charge in [0.05, 0.1) is 5.56 Å². The van der Waals surface area contributed by atoms with Crippen molar-refractivity contribution >= 4 is 22.1 Å². The lowest BCUT2D eigenvalue weighted by Gasteiger charge is -2.07. The van der Waals surface area contributed by atoms with Gasteiger partial charge in [-0.2, -0.15) is 0 Å². The summed E-state index contributed by atoms with van der Waals surface area (Å²) in [7, 11) is 1.85. The molecule has 0 radical (unpaired) electrons. The van der Waals surface area contributed by atoms with Crippen LogP contribution in [-0.4, -0.2) is 4.98 Å². The zero-order valence-electron chi connectivity index (χ0n) is 24.0. The highest BCUT2D eigenvalue weighted by Gasteiger charge is 2.22. The average Bonchev–Trinajstić information content (AvgIpc) is 3.20. The SMILES string of the molecule is [2H]C([2H])([2H])C([2H])(c1ccc2c(n1)oc1c(-c3ccc(-c4ccccc4F)c[n+]3C)c(C)ccc12)C([2H])([2H])[2H]. The number of hydrogen-bond acceptors (Lipinski definition) is 2. The molecule has 0 N–H and O–H groups in total. The fraction of sp³-hybridized carbons (Fsp3) is 0.185. The van der Waals surface area contributed by atoms with Crippen molar-refractivity contribution < 1.29 is 23.0 Å². The maximum absolute atomic E-state index is 14.4. The Bertz CT molecular complexity index is 1690. The van der Waals surface area contributed by atoms with Gasteiger partial charge in [-0.15, -0.1) is 0 Å². The molecular formula is C27H24FN2O+. The summed E-state index contributed by atoms with van der Waals surface area (Å²) in [6.45, 7) is -4.38. The molecule has 0 saturated carbocycles. The smallest absolute Gasteiger partial charge is 0.227 e. The van der Waals surface area contributed by atoms with E-state index >= 15 is 0 Å². The van der Waals surface area contributed by atoms with E-state index in [0.29, 0.717) is 27.5 Å². The van der Waals surface area contributed by atoms with Gasteiger partial charge in [0.25, 0.3) is 0 Å². The fourth-order valence-electron chi connectivity index (χ4n) is 4.00. The number of pyridine rings is 2. The molecule has 0 saturated heterocycles. The molecule has 3 nitrogen and oxygen atoms in total. The molecular weight excluding hydrogens is 387 g/mol. The van der Waals surface area contributed by atoms with Crippen LogP contribution in [0.25, 0.3) is 44.5 Å². The standard InChI is InChI=1S/C27H24FN2O/c1-16(2)23-13-12-21-20-11-9-17(3)25(26(20)31-27(21)29-23)24-14-10-18(15-30(24)4)19-7-5-6-8-22(19)28/h5-16H,1-4H3/q+1/i1D3,2D3,16D. The summed E-state index contributed by atoms with van der Waals surface area (Å²) in [4.78, 5) is 4.25. The van der Waals surface area contributed by atoms with Gasteiger partial charge in [0.1, 0.15) is 12.9 Å². The largest absolute Gasteiger partial charge is 0.437 e. The van der Waals surface area contributed by atoms with Crippen LogP contribution in [0.2, 0.25) is 0 Å². The number of aromatic nitrogens is 2. The lowest BCUT2D eigenvalue weighted by molar-refractivity contribution is -0.659. The molecule has 4 heteroatoms. The third-order valence-corrected chi connectivity index (χ3v) is 5.55. The maximum atomic E-state index is 14.4. The first-order chi connectivity index (χ1) is 17.7. The highest BCUT2D eigenvalue weighted by molar-refractivity contribution is 6.08. The predicted molar refractivity (Wildman–Crippen MR) is 122 cm³/mol. The maximum Gasteiger partial charge on any atom is 0.227 e. The van der Waals surface area contributed by atoms with Crippen molar-refractivity contribution in [2.24, 2.45) is 7.05 Å². The minimum absolute atomic E-state index is 0.0418. The topological polar surface area (TPSA) is 29.9 Å². The van der Waals surface area contributed by atoms with E-state index in [2.05, 4.69) is 4.98 Å². The Hall–Kier alpha value is -3.53. The lowest BCUT2D eigenvalue weighted by Crippen LogP contribution is -2.31. The Morgan fingerprint density at radius 2 is 1.84 bits per heavy atom. The van der Waals surface area contributed by atoms with Crippen LogP contribution >= 0.6 is 0 Å². The van der Waals surface area contributed by atoms with Crippen LogP contribution in [0.15, 0.2) is 71.3 Å². The van der Waals surface area contributed by atoms with Gasteiger partial charge >= 0.3 is 0 Å². The highest BCUT2D eigenvalue weighted by atomic mass is 19.1. The first-order valence-electron chi connectivity index (χ1n) is 13.3. The molecule has 0 atom stereocenters. The molecule has 0 amide bonds. The second kappa shape index (κ2) is 7.31. The number of furan rings is 1. The van der Waals surface area contributed by atoms with Gasteiger partial charge in [-0.3, -0.25) is 0 Å². The molecule has 2 aromatic carbocycles. The van der Waals surface area contributed by atoms with E-state index in [-0.39, 0.29) is 11.5 Å². The molecule has 0 spiro atoms. The Labute approximate surface area is 190 Å². The van der Waals surface area contributed by atoms with Gasteiger partial charge < -0.3 is 4.42 Å². The van der Waals surface area contributed by atoms with E-state index < -0.39 is 25.3 Å². The molecule has 3 aromatic heterocycles. The van der Waals surface area contributed by atoms with E-state index in [1.807, 2.05) is 49.0 Å². The number of hydrogen-bond donors (Lipinski definition) is 0. The van der Waals surface area contributed by atoms with Crippen LogP contribution in [0.4, 0.5) is 4.39 Å². The van der Waals surface area contributed by atoms with Crippen LogP contribution in [0.1, 0.15) is 40.5 Å². The number of aryl methyl sites for hydroxylation is 2. The normalized spacial score (nSPS) is 16.2. The van der Waals surface area contributed by atoms with E-state index in [1.165, 1.54) is 12.1 Å². The molecule has 0 aliphatic heterocycles. The molecule has 5 rings (SSSR count). The minimum Gasteiger partial charge on any atom is -0.437 e. The van der Waals surface area contributed by atoms with Crippen molar-refractivity contribution in [2.75, 3.05) is 0 Å². The van der Waals surface area contributed by atoms with Crippen LogP contribution in [0.5, 0.6) is 0 Å².